The average Bonchev–Trinajstić information content (AvgIpc) is 3.72. The zero-order valence-corrected chi connectivity index (χ0v) is 23.7. The van der Waals surface area contributed by atoms with Crippen LogP contribution in [0.3, 0.4) is 0 Å². The molecule has 4 amide bonds. The van der Waals surface area contributed by atoms with Crippen LogP contribution in [0.25, 0.3) is 0 Å². The predicted molar refractivity (Wildman–Crippen MR) is 150 cm³/mol. The van der Waals surface area contributed by atoms with Gasteiger partial charge in [-0.05, 0) is 91.3 Å². The molecule has 0 unspecified atom stereocenters. The van der Waals surface area contributed by atoms with Crippen molar-refractivity contribution in [1.29, 1.82) is 0 Å². The fraction of sp³-hybridized carbons (Fsp3) is 0.719. The van der Waals surface area contributed by atoms with Crippen molar-refractivity contribution in [1.82, 2.24) is 15.5 Å². The van der Waals surface area contributed by atoms with Crippen LogP contribution in [0.5, 0.6) is 0 Å². The summed E-state index contributed by atoms with van der Waals surface area (Å²) in [5.41, 5.74) is 0. The number of aliphatic hydroxyl groups excluding tert-OH is 2. The van der Waals surface area contributed by atoms with Gasteiger partial charge in [0.1, 0.15) is 18.3 Å². The number of hydrogen-bond acceptors (Lipinski definition) is 6. The minimum atomic E-state index is -1.33. The standard InChI is InChI=1S/C32H43N3O6/c1-16-10-17(16)6-7-19-12-21(19)23-14-25(23)24-13-22(24)20-11-18(20)4-2-3-5-27(36)33-15-26-29(38)30(39)31(41-26)35-9-8-28(37)34-32(35)40/h2-7,16-26,29-31,38-39H,8-15H2,1H3,(H,33,36)(H,34,37,40)/b4-2+,5-3+,7-6+/t16-,17-,18-,19-,20-,21-,22-,23-,24-,25-,26-,29-,30-,31-/m1/s1. The molecule has 14 atom stereocenters. The molecule has 0 bridgehead atoms. The van der Waals surface area contributed by atoms with E-state index in [4.69, 9.17) is 4.74 Å². The van der Waals surface area contributed by atoms with Crippen LogP contribution in [0.2, 0.25) is 0 Å². The maximum atomic E-state index is 12.3. The fourth-order valence-corrected chi connectivity index (χ4v) is 7.83. The first-order valence-electron chi connectivity index (χ1n) is 15.7. The Kier molecular flexibility index (Phi) is 7.11. The van der Waals surface area contributed by atoms with Gasteiger partial charge >= 0.3 is 6.03 Å². The molecule has 5 saturated carbocycles. The number of carbonyl (C=O) groups is 3. The normalized spacial score (nSPS) is 48.2. The van der Waals surface area contributed by atoms with E-state index in [1.165, 1.54) is 43.1 Å². The Labute approximate surface area is 241 Å². The van der Waals surface area contributed by atoms with Gasteiger partial charge in [-0.15, -0.1) is 0 Å². The zero-order chi connectivity index (χ0) is 28.4. The highest BCUT2D eigenvalue weighted by atomic mass is 16.6. The fourth-order valence-electron chi connectivity index (χ4n) is 7.83. The first-order chi connectivity index (χ1) is 19.8. The summed E-state index contributed by atoms with van der Waals surface area (Å²) in [4.78, 5) is 36.9. The lowest BCUT2D eigenvalue weighted by atomic mass is 10.1. The van der Waals surface area contributed by atoms with Crippen LogP contribution in [0.15, 0.2) is 36.5 Å². The molecule has 2 aliphatic heterocycles. The SMILES string of the molecule is C[C@@H]1C[C@H]1/C=C/[C@@H]1C[C@H]1[C@H]1C[C@H]1[C@@H]1C[C@@H]1[C@@H]1C[C@H]1/C=C/C=C/C(=O)NC[C@H]1O[C@@H](N2CCC(=O)NC2=O)[C@H](O)[C@@H]1O. The van der Waals surface area contributed by atoms with E-state index in [2.05, 4.69) is 35.8 Å². The minimum absolute atomic E-state index is 0.0104. The number of rotatable bonds is 11. The Hall–Kier alpha value is -2.49. The second-order valence-electron chi connectivity index (χ2n) is 13.8. The van der Waals surface area contributed by atoms with Crippen molar-refractivity contribution in [2.75, 3.05) is 13.1 Å². The molecule has 5 aliphatic carbocycles. The van der Waals surface area contributed by atoms with Gasteiger partial charge in [-0.25, -0.2) is 4.79 Å². The molecule has 7 fully saturated rings. The molecule has 2 saturated heterocycles. The van der Waals surface area contributed by atoms with E-state index in [1.807, 2.05) is 6.08 Å². The largest absolute Gasteiger partial charge is 0.387 e. The van der Waals surface area contributed by atoms with Gasteiger partial charge in [0, 0.05) is 25.6 Å². The van der Waals surface area contributed by atoms with Crippen LogP contribution >= 0.6 is 0 Å². The molecule has 9 heteroatoms. The van der Waals surface area contributed by atoms with Crippen molar-refractivity contribution in [3.05, 3.63) is 36.5 Å². The number of nitrogens with one attached hydrogen (secondary N) is 2. The second kappa shape index (κ2) is 10.7. The summed E-state index contributed by atoms with van der Waals surface area (Å²) in [6.45, 7) is 2.44. The van der Waals surface area contributed by atoms with E-state index in [9.17, 15) is 24.6 Å². The highest BCUT2D eigenvalue weighted by molar-refractivity contribution is 5.96. The second-order valence-corrected chi connectivity index (χ2v) is 13.8. The molecule has 9 nitrogen and oxygen atoms in total. The number of carbonyl (C=O) groups excluding carboxylic acids is 3. The van der Waals surface area contributed by atoms with Crippen LogP contribution in [0.1, 0.15) is 45.4 Å². The minimum Gasteiger partial charge on any atom is -0.387 e. The molecule has 0 aromatic carbocycles. The topological polar surface area (TPSA) is 128 Å². The lowest BCUT2D eigenvalue weighted by molar-refractivity contribution is -0.125. The third-order valence-electron chi connectivity index (χ3n) is 10.9. The van der Waals surface area contributed by atoms with E-state index in [-0.39, 0.29) is 25.4 Å². The molecule has 41 heavy (non-hydrogen) atoms. The summed E-state index contributed by atoms with van der Waals surface area (Å²) < 4.78 is 5.67. The van der Waals surface area contributed by atoms with E-state index in [1.54, 1.807) is 6.08 Å². The van der Waals surface area contributed by atoms with Gasteiger partial charge in [-0.1, -0.05) is 37.3 Å². The zero-order valence-electron chi connectivity index (χ0n) is 23.7. The molecule has 4 N–H and O–H groups in total. The van der Waals surface area contributed by atoms with Crippen LogP contribution in [0.4, 0.5) is 4.79 Å². The molecule has 0 aromatic heterocycles. The van der Waals surface area contributed by atoms with Gasteiger partial charge in [-0.3, -0.25) is 19.8 Å². The predicted octanol–water partition coefficient (Wildman–Crippen LogP) is 2.36. The van der Waals surface area contributed by atoms with Gasteiger partial charge in [-0.2, -0.15) is 0 Å². The molecule has 222 valence electrons. The molecule has 7 rings (SSSR count). The number of aliphatic hydroxyl groups is 2. The average molecular weight is 566 g/mol. The van der Waals surface area contributed by atoms with Crippen molar-refractivity contribution in [2.24, 2.45) is 59.2 Å². The summed E-state index contributed by atoms with van der Waals surface area (Å²) >= 11 is 0. The van der Waals surface area contributed by atoms with Crippen molar-refractivity contribution in [3.8, 4) is 0 Å². The quantitative estimate of drug-likeness (QED) is 0.173. The first-order valence-corrected chi connectivity index (χ1v) is 15.7. The third kappa shape index (κ3) is 5.90. The first kappa shape index (κ1) is 27.3. The Morgan fingerprint density at radius 2 is 1.54 bits per heavy atom. The maximum Gasteiger partial charge on any atom is 0.326 e. The number of allylic oxidation sites excluding steroid dienone is 5. The van der Waals surface area contributed by atoms with E-state index >= 15 is 0 Å². The van der Waals surface area contributed by atoms with E-state index < -0.39 is 36.5 Å². The Morgan fingerprint density at radius 1 is 0.902 bits per heavy atom. The van der Waals surface area contributed by atoms with Crippen LogP contribution in [-0.4, -0.2) is 70.6 Å². The summed E-state index contributed by atoms with van der Waals surface area (Å²) in [5, 5.41) is 25.6. The van der Waals surface area contributed by atoms with Crippen molar-refractivity contribution in [3.63, 3.8) is 0 Å². The number of ether oxygens (including phenoxy) is 1. The highest BCUT2D eigenvalue weighted by Crippen LogP contribution is 2.70. The van der Waals surface area contributed by atoms with Gasteiger partial charge in [0.15, 0.2) is 6.23 Å². The molecule has 7 aliphatic rings. The molecule has 2 heterocycles. The summed E-state index contributed by atoms with van der Waals surface area (Å²) in [5.74, 6) is 8.29. The molecular weight excluding hydrogens is 522 g/mol. The number of amides is 4. The molecule has 0 radical (unpaired) electrons. The summed E-state index contributed by atoms with van der Waals surface area (Å²) in [6.07, 6.45) is 15.0. The Balaban J connectivity index is 0.787. The lowest BCUT2D eigenvalue weighted by Crippen LogP contribution is -2.56. The monoisotopic (exact) mass is 565 g/mol. The maximum absolute atomic E-state index is 12.3. The van der Waals surface area contributed by atoms with Crippen LogP contribution in [-0.2, 0) is 14.3 Å². The van der Waals surface area contributed by atoms with Gasteiger partial charge < -0.3 is 20.3 Å². The lowest BCUT2D eigenvalue weighted by Gasteiger charge is -2.32. The number of urea groups is 1. The van der Waals surface area contributed by atoms with E-state index in [0.29, 0.717) is 5.92 Å². The number of hydrogen-bond donors (Lipinski definition) is 4. The van der Waals surface area contributed by atoms with Gasteiger partial charge in [0.25, 0.3) is 0 Å². The van der Waals surface area contributed by atoms with Gasteiger partial charge in [0.05, 0.1) is 0 Å². The van der Waals surface area contributed by atoms with Crippen LogP contribution in [0, 0.1) is 59.2 Å². The number of imide groups is 1. The number of nitrogens with zero attached hydrogens (tertiary/aromatic N) is 1. The smallest absolute Gasteiger partial charge is 0.326 e. The Morgan fingerprint density at radius 3 is 2.20 bits per heavy atom. The van der Waals surface area contributed by atoms with Gasteiger partial charge in [0.2, 0.25) is 11.8 Å². The molecular formula is C32H43N3O6. The van der Waals surface area contributed by atoms with E-state index in [0.717, 1.165) is 53.3 Å². The highest BCUT2D eigenvalue weighted by Gasteiger charge is 2.63. The van der Waals surface area contributed by atoms with Crippen molar-refractivity contribution < 1.29 is 29.3 Å². The Bertz CT molecular complexity index is 1170. The molecule has 0 aromatic rings. The summed E-state index contributed by atoms with van der Waals surface area (Å²) in [6, 6.07) is -0.665. The summed E-state index contributed by atoms with van der Waals surface area (Å²) in [7, 11) is 0. The van der Waals surface area contributed by atoms with Crippen LogP contribution < -0.4 is 10.6 Å². The third-order valence-corrected chi connectivity index (χ3v) is 10.9. The van der Waals surface area contributed by atoms with Crippen molar-refractivity contribution >= 4 is 17.8 Å². The van der Waals surface area contributed by atoms with Crippen molar-refractivity contribution in [2.45, 2.75) is 70.0 Å². The molecule has 0 spiro atoms.